The lowest BCUT2D eigenvalue weighted by molar-refractivity contribution is -0.131. The van der Waals surface area contributed by atoms with Gasteiger partial charge < -0.3 is 4.74 Å². The molecule has 0 unspecified atom stereocenters. The van der Waals surface area contributed by atoms with E-state index in [1.807, 2.05) is 38.1 Å². The van der Waals surface area contributed by atoms with Gasteiger partial charge in [-0.15, -0.1) is 0 Å². The minimum atomic E-state index is -0.306. The summed E-state index contributed by atoms with van der Waals surface area (Å²) in [5.74, 6) is 0.264. The van der Waals surface area contributed by atoms with Gasteiger partial charge in [-0.2, -0.15) is 0 Å². The van der Waals surface area contributed by atoms with Gasteiger partial charge in [-0.05, 0) is 54.3 Å². The summed E-state index contributed by atoms with van der Waals surface area (Å²) < 4.78 is 5.10. The fraction of sp³-hybridized carbons (Fsp3) is 0.188. The zero-order valence-electron chi connectivity index (χ0n) is 10.8. The molecule has 2 nitrogen and oxygen atoms in total. The average Bonchev–Trinajstić information content (AvgIpc) is 2.32. The molecule has 2 rings (SSSR count). The standard InChI is InChI=1S/C16H15O2/c1-11-7-8-12(2)16(9-11)14-5-4-6-15(10-14)18-13(3)17/h4-7,9-10H,1-3H3. The first kappa shape index (κ1) is 12.4. The van der Waals surface area contributed by atoms with Crippen molar-refractivity contribution in [2.24, 2.45) is 0 Å². The van der Waals surface area contributed by atoms with Crippen molar-refractivity contribution >= 4 is 5.97 Å². The second-order valence-corrected chi connectivity index (χ2v) is 4.34. The SMILES string of the molecule is CC(=O)Oc1cccc(-c2cc(C)c[c]c2C)c1. The van der Waals surface area contributed by atoms with Gasteiger partial charge in [-0.1, -0.05) is 24.3 Å². The molecule has 91 valence electrons. The lowest BCUT2D eigenvalue weighted by atomic mass is 9.98. The highest BCUT2D eigenvalue weighted by atomic mass is 16.5. The summed E-state index contributed by atoms with van der Waals surface area (Å²) in [4.78, 5) is 11.0. The molecule has 2 aromatic carbocycles. The molecule has 0 fully saturated rings. The molecule has 0 heterocycles. The Morgan fingerprint density at radius 1 is 1.22 bits per heavy atom. The highest BCUT2D eigenvalue weighted by Crippen LogP contribution is 2.27. The smallest absolute Gasteiger partial charge is 0.308 e. The maximum atomic E-state index is 11.0. The van der Waals surface area contributed by atoms with Crippen LogP contribution in [-0.2, 0) is 4.79 Å². The van der Waals surface area contributed by atoms with Gasteiger partial charge >= 0.3 is 5.97 Å². The first-order chi connectivity index (χ1) is 8.56. The van der Waals surface area contributed by atoms with Gasteiger partial charge in [-0.3, -0.25) is 4.79 Å². The van der Waals surface area contributed by atoms with E-state index >= 15 is 0 Å². The van der Waals surface area contributed by atoms with Crippen LogP contribution in [0.1, 0.15) is 18.1 Å². The highest BCUT2D eigenvalue weighted by Gasteiger charge is 2.05. The molecule has 1 radical (unpaired) electrons. The predicted molar refractivity (Wildman–Crippen MR) is 71.5 cm³/mol. The molecule has 2 aromatic rings. The van der Waals surface area contributed by atoms with E-state index in [1.54, 1.807) is 6.07 Å². The zero-order chi connectivity index (χ0) is 13.1. The van der Waals surface area contributed by atoms with Crippen LogP contribution in [-0.4, -0.2) is 5.97 Å². The Hall–Kier alpha value is -2.09. The molecule has 0 spiro atoms. The number of carbonyl (C=O) groups excluding carboxylic acids is 1. The van der Waals surface area contributed by atoms with E-state index in [9.17, 15) is 4.79 Å². The summed E-state index contributed by atoms with van der Waals surface area (Å²) in [5.41, 5.74) is 4.39. The third-order valence-electron chi connectivity index (χ3n) is 2.70. The van der Waals surface area contributed by atoms with Crippen LogP contribution >= 0.6 is 0 Å². The van der Waals surface area contributed by atoms with Crippen molar-refractivity contribution in [3.63, 3.8) is 0 Å². The molecule has 0 aliphatic heterocycles. The molecule has 0 amide bonds. The van der Waals surface area contributed by atoms with Crippen LogP contribution in [0.25, 0.3) is 11.1 Å². The van der Waals surface area contributed by atoms with Crippen LogP contribution in [0.5, 0.6) is 5.75 Å². The van der Waals surface area contributed by atoms with E-state index < -0.39 is 0 Å². The molecule has 0 aromatic heterocycles. The number of esters is 1. The molecule has 0 bridgehead atoms. The molecular weight excluding hydrogens is 224 g/mol. The van der Waals surface area contributed by atoms with E-state index in [1.165, 1.54) is 6.92 Å². The van der Waals surface area contributed by atoms with Crippen molar-refractivity contribution < 1.29 is 9.53 Å². The number of benzene rings is 2. The van der Waals surface area contributed by atoms with E-state index in [2.05, 4.69) is 12.1 Å². The van der Waals surface area contributed by atoms with Crippen LogP contribution < -0.4 is 4.74 Å². The van der Waals surface area contributed by atoms with Gasteiger partial charge in [0.05, 0.1) is 0 Å². The van der Waals surface area contributed by atoms with Gasteiger partial charge in [0.1, 0.15) is 5.75 Å². The Balaban J connectivity index is 2.44. The minimum absolute atomic E-state index is 0.306. The first-order valence-corrected chi connectivity index (χ1v) is 5.84. The molecule has 0 N–H and O–H groups in total. The van der Waals surface area contributed by atoms with Crippen molar-refractivity contribution in [3.05, 3.63) is 53.6 Å². The first-order valence-electron chi connectivity index (χ1n) is 5.84. The summed E-state index contributed by atoms with van der Waals surface area (Å²) in [6, 6.07) is 14.8. The molecule has 0 atom stereocenters. The molecular formula is C16H15O2. The lowest BCUT2D eigenvalue weighted by Crippen LogP contribution is -2.01. The van der Waals surface area contributed by atoms with Crippen LogP contribution in [0.4, 0.5) is 0 Å². The van der Waals surface area contributed by atoms with E-state index in [0.29, 0.717) is 5.75 Å². The van der Waals surface area contributed by atoms with Crippen LogP contribution in [0.15, 0.2) is 36.4 Å². The van der Waals surface area contributed by atoms with E-state index in [4.69, 9.17) is 4.74 Å². The number of hydrogen-bond donors (Lipinski definition) is 0. The summed E-state index contributed by atoms with van der Waals surface area (Å²) in [6.45, 7) is 5.46. The summed E-state index contributed by atoms with van der Waals surface area (Å²) in [7, 11) is 0. The maximum Gasteiger partial charge on any atom is 0.308 e. The van der Waals surface area contributed by atoms with Gasteiger partial charge in [0.15, 0.2) is 0 Å². The zero-order valence-corrected chi connectivity index (χ0v) is 10.8. The Kier molecular flexibility index (Phi) is 3.47. The van der Waals surface area contributed by atoms with Crippen molar-refractivity contribution in [2.45, 2.75) is 20.8 Å². The number of ether oxygens (including phenoxy) is 1. The predicted octanol–water partition coefficient (Wildman–Crippen LogP) is 3.70. The summed E-state index contributed by atoms with van der Waals surface area (Å²) in [6.07, 6.45) is 0. The van der Waals surface area contributed by atoms with Gasteiger partial charge in [0, 0.05) is 6.92 Å². The average molecular weight is 239 g/mol. The van der Waals surface area contributed by atoms with Crippen LogP contribution in [0.3, 0.4) is 0 Å². The van der Waals surface area contributed by atoms with Gasteiger partial charge in [0.2, 0.25) is 0 Å². The quantitative estimate of drug-likeness (QED) is 0.590. The Morgan fingerprint density at radius 3 is 2.72 bits per heavy atom. The number of hydrogen-bond acceptors (Lipinski definition) is 2. The topological polar surface area (TPSA) is 26.3 Å². The summed E-state index contributed by atoms with van der Waals surface area (Å²) >= 11 is 0. The molecule has 0 saturated carbocycles. The van der Waals surface area contributed by atoms with E-state index in [-0.39, 0.29) is 5.97 Å². The van der Waals surface area contributed by atoms with Crippen LogP contribution in [0.2, 0.25) is 0 Å². The third-order valence-corrected chi connectivity index (χ3v) is 2.70. The number of aryl methyl sites for hydroxylation is 2. The van der Waals surface area contributed by atoms with Crippen molar-refractivity contribution in [2.75, 3.05) is 0 Å². The fourth-order valence-electron chi connectivity index (χ4n) is 1.87. The monoisotopic (exact) mass is 239 g/mol. The second-order valence-electron chi connectivity index (χ2n) is 4.34. The second kappa shape index (κ2) is 5.05. The third kappa shape index (κ3) is 2.77. The maximum absolute atomic E-state index is 11.0. The number of carbonyl (C=O) groups is 1. The Morgan fingerprint density at radius 2 is 2.00 bits per heavy atom. The largest absolute Gasteiger partial charge is 0.427 e. The Bertz CT molecular complexity index is 585. The van der Waals surface area contributed by atoms with Crippen molar-refractivity contribution in [3.8, 4) is 16.9 Å². The Labute approximate surface area is 107 Å². The molecule has 0 aliphatic rings. The van der Waals surface area contributed by atoms with Gasteiger partial charge in [-0.25, -0.2) is 0 Å². The molecule has 0 aliphatic carbocycles. The molecule has 18 heavy (non-hydrogen) atoms. The molecule has 2 heteroatoms. The lowest BCUT2D eigenvalue weighted by Gasteiger charge is -2.08. The highest BCUT2D eigenvalue weighted by molar-refractivity contribution is 5.72. The number of rotatable bonds is 2. The molecule has 0 saturated heterocycles. The fourth-order valence-corrected chi connectivity index (χ4v) is 1.87. The normalized spacial score (nSPS) is 10.2. The summed E-state index contributed by atoms with van der Waals surface area (Å²) in [5, 5.41) is 0. The minimum Gasteiger partial charge on any atom is -0.427 e. The van der Waals surface area contributed by atoms with Crippen LogP contribution in [0, 0.1) is 19.9 Å². The van der Waals surface area contributed by atoms with Crippen molar-refractivity contribution in [1.29, 1.82) is 0 Å². The van der Waals surface area contributed by atoms with Crippen molar-refractivity contribution in [1.82, 2.24) is 0 Å². The van der Waals surface area contributed by atoms with Gasteiger partial charge in [0.25, 0.3) is 0 Å². The van der Waals surface area contributed by atoms with E-state index in [0.717, 1.165) is 22.3 Å².